The predicted molar refractivity (Wildman–Crippen MR) is 45.9 cm³/mol. The molecular weight excluding hydrogens is 172 g/mol. The molecule has 5 heteroatoms. The third kappa shape index (κ3) is 2.78. The van der Waals surface area contributed by atoms with Gasteiger partial charge in [0.1, 0.15) is 0 Å². The lowest BCUT2D eigenvalue weighted by Gasteiger charge is -2.13. The van der Waals surface area contributed by atoms with Gasteiger partial charge >= 0.3 is 0 Å². The topological polar surface area (TPSA) is 69.6 Å². The maximum absolute atomic E-state index is 11.1. The van der Waals surface area contributed by atoms with Crippen LogP contribution in [0, 0.1) is 0 Å². The quantitative estimate of drug-likeness (QED) is 0.414. The summed E-state index contributed by atoms with van der Waals surface area (Å²) < 4.78 is 0. The SMILES string of the molecule is O=C1CCC(=O)N1CCNCCO. The van der Waals surface area contributed by atoms with Gasteiger partial charge < -0.3 is 10.4 Å². The number of aliphatic hydroxyl groups excluding tert-OH is 1. The second-order valence-electron chi connectivity index (χ2n) is 2.91. The maximum Gasteiger partial charge on any atom is 0.229 e. The molecule has 1 aliphatic rings. The molecule has 1 heterocycles. The molecule has 1 fully saturated rings. The van der Waals surface area contributed by atoms with Crippen molar-refractivity contribution >= 4 is 11.8 Å². The van der Waals surface area contributed by atoms with E-state index >= 15 is 0 Å². The van der Waals surface area contributed by atoms with Crippen LogP contribution in [0.4, 0.5) is 0 Å². The summed E-state index contributed by atoms with van der Waals surface area (Å²) in [5, 5.41) is 11.4. The van der Waals surface area contributed by atoms with Crippen molar-refractivity contribution in [3.8, 4) is 0 Å². The number of amides is 2. The van der Waals surface area contributed by atoms with Gasteiger partial charge in [-0.05, 0) is 0 Å². The lowest BCUT2D eigenvalue weighted by Crippen LogP contribution is -2.36. The number of rotatable bonds is 5. The van der Waals surface area contributed by atoms with Crippen LogP contribution in [-0.2, 0) is 9.59 Å². The van der Waals surface area contributed by atoms with Gasteiger partial charge in [-0.25, -0.2) is 0 Å². The summed E-state index contributed by atoms with van der Waals surface area (Å²) >= 11 is 0. The van der Waals surface area contributed by atoms with Crippen molar-refractivity contribution in [3.63, 3.8) is 0 Å². The third-order valence-corrected chi connectivity index (χ3v) is 1.96. The first-order chi connectivity index (χ1) is 6.25. The Hall–Kier alpha value is -0.940. The molecule has 1 rings (SSSR count). The molecule has 13 heavy (non-hydrogen) atoms. The van der Waals surface area contributed by atoms with E-state index in [1.54, 1.807) is 0 Å². The van der Waals surface area contributed by atoms with Crippen molar-refractivity contribution in [1.29, 1.82) is 0 Å². The van der Waals surface area contributed by atoms with E-state index in [9.17, 15) is 9.59 Å². The highest BCUT2D eigenvalue weighted by molar-refractivity contribution is 6.01. The second kappa shape index (κ2) is 4.94. The number of likely N-dealkylation sites (tertiary alicyclic amines) is 1. The minimum Gasteiger partial charge on any atom is -0.395 e. The van der Waals surface area contributed by atoms with Crippen LogP contribution < -0.4 is 5.32 Å². The highest BCUT2D eigenvalue weighted by Gasteiger charge is 2.27. The third-order valence-electron chi connectivity index (χ3n) is 1.96. The van der Waals surface area contributed by atoms with Gasteiger partial charge in [0.05, 0.1) is 6.61 Å². The largest absolute Gasteiger partial charge is 0.395 e. The fraction of sp³-hybridized carbons (Fsp3) is 0.750. The zero-order valence-corrected chi connectivity index (χ0v) is 7.45. The zero-order chi connectivity index (χ0) is 9.68. The Morgan fingerprint density at radius 1 is 1.23 bits per heavy atom. The van der Waals surface area contributed by atoms with Crippen LogP contribution in [0.25, 0.3) is 0 Å². The molecule has 74 valence electrons. The number of hydrogen-bond donors (Lipinski definition) is 2. The van der Waals surface area contributed by atoms with Crippen LogP contribution in [-0.4, -0.2) is 48.1 Å². The zero-order valence-electron chi connectivity index (χ0n) is 7.45. The van der Waals surface area contributed by atoms with Crippen molar-refractivity contribution in [2.75, 3.05) is 26.2 Å². The van der Waals surface area contributed by atoms with E-state index in [1.807, 2.05) is 0 Å². The van der Waals surface area contributed by atoms with Gasteiger partial charge in [0.2, 0.25) is 11.8 Å². The molecule has 0 aromatic heterocycles. The first-order valence-electron chi connectivity index (χ1n) is 4.40. The van der Waals surface area contributed by atoms with Gasteiger partial charge in [-0.15, -0.1) is 0 Å². The average Bonchev–Trinajstić information content (AvgIpc) is 2.42. The van der Waals surface area contributed by atoms with Crippen molar-refractivity contribution < 1.29 is 14.7 Å². The Kier molecular flexibility index (Phi) is 3.85. The highest BCUT2D eigenvalue weighted by atomic mass is 16.3. The van der Waals surface area contributed by atoms with Gasteiger partial charge in [-0.2, -0.15) is 0 Å². The molecule has 0 unspecified atom stereocenters. The number of nitrogens with zero attached hydrogens (tertiary/aromatic N) is 1. The number of hydrogen-bond acceptors (Lipinski definition) is 4. The molecule has 0 bridgehead atoms. The molecule has 0 radical (unpaired) electrons. The molecule has 2 N–H and O–H groups in total. The van der Waals surface area contributed by atoms with Gasteiger partial charge in [0, 0.05) is 32.5 Å². The standard InChI is InChI=1S/C8H14N2O3/c11-6-4-9-3-5-10-7(12)1-2-8(10)13/h9,11H,1-6H2. The number of carbonyl (C=O) groups excluding carboxylic acids is 2. The Balaban J connectivity index is 2.20. The van der Waals surface area contributed by atoms with Crippen LogP contribution in [0.1, 0.15) is 12.8 Å². The molecule has 0 aliphatic carbocycles. The second-order valence-corrected chi connectivity index (χ2v) is 2.91. The number of aliphatic hydroxyl groups is 1. The van der Waals surface area contributed by atoms with Crippen molar-refractivity contribution in [2.24, 2.45) is 0 Å². The summed E-state index contributed by atoms with van der Waals surface area (Å²) in [7, 11) is 0. The average molecular weight is 186 g/mol. The Morgan fingerprint density at radius 3 is 2.38 bits per heavy atom. The predicted octanol–water partition coefficient (Wildman–Crippen LogP) is -1.28. The van der Waals surface area contributed by atoms with Crippen LogP contribution in [0.2, 0.25) is 0 Å². The summed E-state index contributed by atoms with van der Waals surface area (Å²) in [4.78, 5) is 23.4. The lowest BCUT2D eigenvalue weighted by atomic mass is 10.4. The molecule has 5 nitrogen and oxygen atoms in total. The molecular formula is C8H14N2O3. The minimum absolute atomic E-state index is 0.0713. The molecule has 1 aliphatic heterocycles. The van der Waals surface area contributed by atoms with Gasteiger partial charge in [-0.1, -0.05) is 0 Å². The molecule has 2 amide bonds. The van der Waals surface area contributed by atoms with E-state index in [2.05, 4.69) is 5.32 Å². The smallest absolute Gasteiger partial charge is 0.229 e. The molecule has 0 atom stereocenters. The van der Waals surface area contributed by atoms with Crippen molar-refractivity contribution in [3.05, 3.63) is 0 Å². The lowest BCUT2D eigenvalue weighted by molar-refractivity contribution is -0.138. The fourth-order valence-corrected chi connectivity index (χ4v) is 1.27. The highest BCUT2D eigenvalue weighted by Crippen LogP contribution is 2.09. The Bertz CT molecular complexity index is 190. The normalized spacial score (nSPS) is 17.2. The number of nitrogens with one attached hydrogen (secondary N) is 1. The maximum atomic E-state index is 11.1. The van der Waals surface area contributed by atoms with E-state index in [4.69, 9.17) is 5.11 Å². The van der Waals surface area contributed by atoms with Gasteiger partial charge in [0.25, 0.3) is 0 Å². The minimum atomic E-state index is -0.0872. The summed E-state index contributed by atoms with van der Waals surface area (Å²) in [6.45, 7) is 1.54. The summed E-state index contributed by atoms with van der Waals surface area (Å²) in [5.41, 5.74) is 0. The van der Waals surface area contributed by atoms with Crippen LogP contribution in [0.15, 0.2) is 0 Å². The van der Waals surface area contributed by atoms with Crippen molar-refractivity contribution in [2.45, 2.75) is 12.8 Å². The van der Waals surface area contributed by atoms with E-state index in [0.717, 1.165) is 0 Å². The monoisotopic (exact) mass is 186 g/mol. The Labute approximate surface area is 76.7 Å². The van der Waals surface area contributed by atoms with E-state index < -0.39 is 0 Å². The summed E-state index contributed by atoms with van der Waals surface area (Å²) in [6, 6.07) is 0. The van der Waals surface area contributed by atoms with Crippen molar-refractivity contribution in [1.82, 2.24) is 10.2 Å². The van der Waals surface area contributed by atoms with Crippen LogP contribution in [0.5, 0.6) is 0 Å². The molecule has 0 saturated carbocycles. The fourth-order valence-electron chi connectivity index (χ4n) is 1.27. The summed E-state index contributed by atoms with van der Waals surface area (Å²) in [6.07, 6.45) is 0.692. The molecule has 0 spiro atoms. The van der Waals surface area contributed by atoms with E-state index in [1.165, 1.54) is 4.90 Å². The molecule has 1 saturated heterocycles. The van der Waals surface area contributed by atoms with Gasteiger partial charge in [-0.3, -0.25) is 14.5 Å². The summed E-state index contributed by atoms with van der Waals surface area (Å²) in [5.74, 6) is -0.174. The van der Waals surface area contributed by atoms with Crippen LogP contribution >= 0.6 is 0 Å². The molecule has 0 aromatic rings. The first kappa shape index (κ1) is 10.1. The Morgan fingerprint density at radius 2 is 1.85 bits per heavy atom. The van der Waals surface area contributed by atoms with E-state index in [-0.39, 0.29) is 18.4 Å². The number of carbonyl (C=O) groups is 2. The first-order valence-corrected chi connectivity index (χ1v) is 4.40. The molecule has 0 aromatic carbocycles. The number of imide groups is 1. The van der Waals surface area contributed by atoms with Crippen LogP contribution in [0.3, 0.4) is 0 Å². The van der Waals surface area contributed by atoms with E-state index in [0.29, 0.717) is 32.5 Å². The van der Waals surface area contributed by atoms with Gasteiger partial charge in [0.15, 0.2) is 0 Å².